The minimum atomic E-state index is -0.644. The molecule has 2 heteroatoms. The molecular weight excluding hydrogens is 272 g/mol. The summed E-state index contributed by atoms with van der Waals surface area (Å²) in [5.41, 5.74) is 2.22. The van der Waals surface area contributed by atoms with Crippen LogP contribution < -0.4 is 0 Å². The fraction of sp³-hybridized carbons (Fsp3) is 0.700. The van der Waals surface area contributed by atoms with Gasteiger partial charge in [0.2, 0.25) is 0 Å². The largest absolute Gasteiger partial charge is 0.390 e. The van der Waals surface area contributed by atoms with Crippen molar-refractivity contribution in [3.05, 3.63) is 36.5 Å². The maximum absolute atomic E-state index is 10.5. The van der Waals surface area contributed by atoms with E-state index in [1.807, 2.05) is 6.08 Å². The molecule has 5 atom stereocenters. The first-order chi connectivity index (χ1) is 10.1. The van der Waals surface area contributed by atoms with E-state index in [4.69, 9.17) is 0 Å². The highest BCUT2D eigenvalue weighted by Crippen LogP contribution is 2.61. The molecule has 2 fully saturated rings. The molecule has 0 spiro atoms. The molecule has 2 rings (SSSR count). The molecule has 0 bridgehead atoms. The molecule has 0 aromatic heterocycles. The third-order valence-electron chi connectivity index (χ3n) is 6.51. The van der Waals surface area contributed by atoms with Gasteiger partial charge in [-0.1, -0.05) is 57.2 Å². The fourth-order valence-electron chi connectivity index (χ4n) is 5.14. The monoisotopic (exact) mass is 304 g/mol. The van der Waals surface area contributed by atoms with Crippen LogP contribution in [0.1, 0.15) is 53.4 Å². The molecule has 2 N–H and O–H groups in total. The molecule has 22 heavy (non-hydrogen) atoms. The van der Waals surface area contributed by atoms with E-state index in [0.29, 0.717) is 18.3 Å². The molecule has 0 saturated heterocycles. The number of fused-ring (bicyclic) bond motifs is 1. The van der Waals surface area contributed by atoms with Gasteiger partial charge in [0.15, 0.2) is 0 Å². The SMILES string of the molecule is C=C/C(C)=C/C[C@H]1C(=C)CC[C@H]2C(C)(C)[C@@H](O)[C@H](O)C[C@]12C. The van der Waals surface area contributed by atoms with Crippen molar-refractivity contribution >= 4 is 0 Å². The van der Waals surface area contributed by atoms with Crippen molar-refractivity contribution in [1.82, 2.24) is 0 Å². The van der Waals surface area contributed by atoms with Crippen LogP contribution >= 0.6 is 0 Å². The zero-order valence-corrected chi connectivity index (χ0v) is 14.6. The highest BCUT2D eigenvalue weighted by Gasteiger charge is 2.58. The van der Waals surface area contributed by atoms with Gasteiger partial charge in [0, 0.05) is 0 Å². The zero-order chi connectivity index (χ0) is 16.7. The van der Waals surface area contributed by atoms with E-state index in [9.17, 15) is 10.2 Å². The Kier molecular flexibility index (Phi) is 4.75. The van der Waals surface area contributed by atoms with Gasteiger partial charge in [-0.2, -0.15) is 0 Å². The van der Waals surface area contributed by atoms with Gasteiger partial charge in [0.25, 0.3) is 0 Å². The van der Waals surface area contributed by atoms with Crippen LogP contribution in [0.5, 0.6) is 0 Å². The Bertz CT molecular complexity index is 488. The smallest absolute Gasteiger partial charge is 0.0852 e. The lowest BCUT2D eigenvalue weighted by molar-refractivity contribution is -0.179. The summed E-state index contributed by atoms with van der Waals surface area (Å²) in [6.07, 6.45) is 6.54. The molecule has 2 nitrogen and oxygen atoms in total. The summed E-state index contributed by atoms with van der Waals surface area (Å²) in [6, 6.07) is 0. The second-order valence-corrected chi connectivity index (χ2v) is 8.23. The zero-order valence-electron chi connectivity index (χ0n) is 14.6. The van der Waals surface area contributed by atoms with Crippen LogP contribution in [0.2, 0.25) is 0 Å². The summed E-state index contributed by atoms with van der Waals surface area (Å²) in [6.45, 7) is 16.7. The number of hydrogen-bond acceptors (Lipinski definition) is 2. The van der Waals surface area contributed by atoms with Crippen molar-refractivity contribution in [1.29, 1.82) is 0 Å². The molecule has 0 unspecified atom stereocenters. The van der Waals surface area contributed by atoms with E-state index in [-0.39, 0.29) is 10.8 Å². The maximum Gasteiger partial charge on any atom is 0.0852 e. The van der Waals surface area contributed by atoms with Crippen molar-refractivity contribution in [2.75, 3.05) is 0 Å². The van der Waals surface area contributed by atoms with Crippen molar-refractivity contribution in [3.63, 3.8) is 0 Å². The second kappa shape index (κ2) is 5.98. The van der Waals surface area contributed by atoms with Gasteiger partial charge in [0.1, 0.15) is 0 Å². The van der Waals surface area contributed by atoms with Gasteiger partial charge >= 0.3 is 0 Å². The van der Waals surface area contributed by atoms with Crippen LogP contribution in [-0.2, 0) is 0 Å². The molecule has 0 radical (unpaired) electrons. The predicted octanol–water partition coefficient (Wildman–Crippen LogP) is 4.25. The van der Waals surface area contributed by atoms with Crippen molar-refractivity contribution in [3.8, 4) is 0 Å². The Morgan fingerprint density at radius 3 is 2.55 bits per heavy atom. The summed E-state index contributed by atoms with van der Waals surface area (Å²) >= 11 is 0. The normalized spacial score (nSPS) is 41.9. The first-order valence-electron chi connectivity index (χ1n) is 8.47. The van der Waals surface area contributed by atoms with E-state index in [1.54, 1.807) is 0 Å². The summed E-state index contributed by atoms with van der Waals surface area (Å²) in [5, 5.41) is 20.9. The number of aliphatic hydroxyl groups is 2. The maximum atomic E-state index is 10.5. The minimum Gasteiger partial charge on any atom is -0.390 e. The molecular formula is C20H32O2. The van der Waals surface area contributed by atoms with E-state index >= 15 is 0 Å². The summed E-state index contributed by atoms with van der Waals surface area (Å²) in [7, 11) is 0. The molecule has 124 valence electrons. The lowest BCUT2D eigenvalue weighted by atomic mass is 9.46. The van der Waals surface area contributed by atoms with E-state index in [2.05, 4.69) is 46.9 Å². The molecule has 0 aromatic rings. The molecule has 2 aliphatic carbocycles. The number of allylic oxidation sites excluding steroid dienone is 4. The first kappa shape index (κ1) is 17.5. The molecule has 2 saturated carbocycles. The van der Waals surface area contributed by atoms with Gasteiger partial charge in [-0.15, -0.1) is 0 Å². The quantitative estimate of drug-likeness (QED) is 0.604. The Balaban J connectivity index is 2.37. The summed E-state index contributed by atoms with van der Waals surface area (Å²) in [4.78, 5) is 0. The minimum absolute atomic E-state index is 0.00453. The number of hydrogen-bond donors (Lipinski definition) is 2. The van der Waals surface area contributed by atoms with Gasteiger partial charge in [0.05, 0.1) is 12.2 Å². The summed E-state index contributed by atoms with van der Waals surface area (Å²) < 4.78 is 0. The molecule has 0 amide bonds. The Morgan fingerprint density at radius 2 is 1.95 bits per heavy atom. The van der Waals surface area contributed by atoms with Gasteiger partial charge in [-0.05, 0) is 55.3 Å². The highest BCUT2D eigenvalue weighted by atomic mass is 16.3. The van der Waals surface area contributed by atoms with E-state index in [0.717, 1.165) is 19.3 Å². The second-order valence-electron chi connectivity index (χ2n) is 8.23. The topological polar surface area (TPSA) is 40.5 Å². The van der Waals surface area contributed by atoms with Crippen LogP contribution in [0.4, 0.5) is 0 Å². The predicted molar refractivity (Wildman–Crippen MR) is 92.4 cm³/mol. The van der Waals surface area contributed by atoms with Gasteiger partial charge in [-0.3, -0.25) is 0 Å². The highest BCUT2D eigenvalue weighted by molar-refractivity contribution is 5.21. The fourth-order valence-corrected chi connectivity index (χ4v) is 5.14. The number of aliphatic hydroxyl groups excluding tert-OH is 2. The molecule has 0 heterocycles. The third kappa shape index (κ3) is 2.72. The third-order valence-corrected chi connectivity index (χ3v) is 6.51. The van der Waals surface area contributed by atoms with E-state index in [1.165, 1.54) is 11.1 Å². The molecule has 2 aliphatic rings. The Morgan fingerprint density at radius 1 is 1.32 bits per heavy atom. The average Bonchev–Trinajstić information content (AvgIpc) is 2.43. The molecule has 0 aromatic carbocycles. The lowest BCUT2D eigenvalue weighted by Crippen LogP contribution is -2.60. The number of rotatable bonds is 3. The Labute approximate surface area is 135 Å². The van der Waals surface area contributed by atoms with Crippen molar-refractivity contribution in [2.24, 2.45) is 22.7 Å². The standard InChI is InChI=1S/C20H32O2/c1-7-13(2)8-10-15-14(3)9-11-17-19(4,5)18(22)16(21)12-20(15,17)6/h7-8,15-18,21-22H,1,3,9-12H2,2,4-6H3/b13-8+/t15-,16+,17-,18-,20+/m0/s1. The first-order valence-corrected chi connectivity index (χ1v) is 8.47. The summed E-state index contributed by atoms with van der Waals surface area (Å²) in [5.74, 6) is 0.772. The van der Waals surface area contributed by atoms with Gasteiger partial charge in [-0.25, -0.2) is 0 Å². The van der Waals surface area contributed by atoms with Crippen LogP contribution in [0.15, 0.2) is 36.5 Å². The average molecular weight is 304 g/mol. The van der Waals surface area contributed by atoms with Crippen LogP contribution in [-0.4, -0.2) is 22.4 Å². The van der Waals surface area contributed by atoms with Crippen LogP contribution in [0.25, 0.3) is 0 Å². The lowest BCUT2D eigenvalue weighted by Gasteiger charge is -2.60. The van der Waals surface area contributed by atoms with Crippen molar-refractivity contribution < 1.29 is 10.2 Å². The Hall–Kier alpha value is -0.860. The van der Waals surface area contributed by atoms with Crippen LogP contribution in [0.3, 0.4) is 0 Å². The van der Waals surface area contributed by atoms with Gasteiger partial charge < -0.3 is 10.2 Å². The molecule has 0 aliphatic heterocycles. The van der Waals surface area contributed by atoms with E-state index < -0.39 is 12.2 Å². The van der Waals surface area contributed by atoms with Crippen LogP contribution in [0, 0.1) is 22.7 Å². The van der Waals surface area contributed by atoms with Crippen molar-refractivity contribution in [2.45, 2.75) is 65.6 Å².